The molecule has 0 aliphatic heterocycles. The molecule has 4 rings (SSSR count). The lowest BCUT2D eigenvalue weighted by molar-refractivity contribution is -0.122. The van der Waals surface area contributed by atoms with Gasteiger partial charge in [0, 0.05) is 43.9 Å². The lowest BCUT2D eigenvalue weighted by Crippen LogP contribution is -2.36. The number of carbonyl (C=O) groups excluding carboxylic acids is 2. The van der Waals surface area contributed by atoms with Crippen LogP contribution in [0.2, 0.25) is 0 Å². The fraction of sp³-hybridized carbons (Fsp3) is 0.391. The second-order valence-corrected chi connectivity index (χ2v) is 8.07. The normalized spacial score (nSPS) is 18.9. The van der Waals surface area contributed by atoms with Gasteiger partial charge in [-0.1, -0.05) is 37.1 Å². The number of carbonyl (C=O) groups is 2. The Morgan fingerprint density at radius 3 is 2.33 bits per heavy atom. The van der Waals surface area contributed by atoms with Gasteiger partial charge in [-0.3, -0.25) is 19.0 Å². The zero-order valence-corrected chi connectivity index (χ0v) is 17.6. The van der Waals surface area contributed by atoms with Crippen molar-refractivity contribution in [3.8, 4) is 11.3 Å². The van der Waals surface area contributed by atoms with E-state index in [4.69, 9.17) is 0 Å². The lowest BCUT2D eigenvalue weighted by Gasteiger charge is -2.29. The van der Waals surface area contributed by atoms with Crippen molar-refractivity contribution in [3.05, 3.63) is 54.0 Å². The molecule has 1 N–H and O–H groups in total. The second kappa shape index (κ2) is 8.26. The third-order valence-corrected chi connectivity index (χ3v) is 6.00. The Morgan fingerprint density at radius 2 is 1.73 bits per heavy atom. The van der Waals surface area contributed by atoms with Crippen LogP contribution in [0.5, 0.6) is 0 Å². The summed E-state index contributed by atoms with van der Waals surface area (Å²) in [6, 6.07) is 9.56. The molecule has 1 fully saturated rings. The average molecular weight is 406 g/mol. The first-order valence-corrected chi connectivity index (χ1v) is 10.4. The Hall–Kier alpha value is -3.22. The van der Waals surface area contributed by atoms with Gasteiger partial charge < -0.3 is 5.32 Å². The molecular formula is C23H27N5O2. The van der Waals surface area contributed by atoms with E-state index in [0.717, 1.165) is 42.6 Å². The SMILES string of the molecule is Cc1nn(C)cc1NC(=O)[C@@H]1CCCC[C@H]1C(=O)c1ccc(-c2ccnn2C)cc1. The van der Waals surface area contributed by atoms with Crippen molar-refractivity contribution in [2.75, 3.05) is 5.32 Å². The van der Waals surface area contributed by atoms with Gasteiger partial charge in [0.1, 0.15) is 0 Å². The molecule has 156 valence electrons. The predicted molar refractivity (Wildman–Crippen MR) is 115 cm³/mol. The van der Waals surface area contributed by atoms with Crippen LogP contribution in [0, 0.1) is 18.8 Å². The van der Waals surface area contributed by atoms with Crippen LogP contribution in [0.3, 0.4) is 0 Å². The molecule has 0 bridgehead atoms. The molecule has 0 saturated heterocycles. The minimum atomic E-state index is -0.317. The average Bonchev–Trinajstić information content (AvgIpc) is 3.31. The van der Waals surface area contributed by atoms with E-state index in [0.29, 0.717) is 11.3 Å². The number of benzene rings is 1. The molecule has 30 heavy (non-hydrogen) atoms. The number of hydrogen-bond acceptors (Lipinski definition) is 4. The number of aromatic nitrogens is 4. The summed E-state index contributed by atoms with van der Waals surface area (Å²) in [7, 11) is 3.72. The van der Waals surface area contributed by atoms with E-state index >= 15 is 0 Å². The van der Waals surface area contributed by atoms with Crippen LogP contribution in [0.1, 0.15) is 41.7 Å². The van der Waals surface area contributed by atoms with Gasteiger partial charge in [0.15, 0.2) is 5.78 Å². The summed E-state index contributed by atoms with van der Waals surface area (Å²) in [4.78, 5) is 26.3. The first-order chi connectivity index (χ1) is 14.4. The highest BCUT2D eigenvalue weighted by Gasteiger charge is 2.36. The Balaban J connectivity index is 1.52. The fourth-order valence-electron chi connectivity index (χ4n) is 4.38. The Labute approximate surface area is 176 Å². The monoisotopic (exact) mass is 405 g/mol. The molecule has 3 aromatic rings. The van der Waals surface area contributed by atoms with Crippen molar-refractivity contribution >= 4 is 17.4 Å². The zero-order valence-electron chi connectivity index (χ0n) is 17.6. The van der Waals surface area contributed by atoms with Gasteiger partial charge in [-0.25, -0.2) is 0 Å². The third kappa shape index (κ3) is 3.92. The molecule has 1 aliphatic carbocycles. The largest absolute Gasteiger partial charge is 0.323 e. The van der Waals surface area contributed by atoms with Crippen LogP contribution in [0.25, 0.3) is 11.3 Å². The van der Waals surface area contributed by atoms with Gasteiger partial charge in [-0.05, 0) is 31.4 Å². The van der Waals surface area contributed by atoms with Crippen molar-refractivity contribution in [1.29, 1.82) is 0 Å². The number of hydrogen-bond donors (Lipinski definition) is 1. The molecule has 0 unspecified atom stereocenters. The molecule has 1 aromatic carbocycles. The summed E-state index contributed by atoms with van der Waals surface area (Å²) in [5.41, 5.74) is 4.14. The highest BCUT2D eigenvalue weighted by atomic mass is 16.2. The minimum absolute atomic E-state index is 0.0503. The number of ketones is 1. The quantitative estimate of drug-likeness (QED) is 0.656. The molecule has 2 heterocycles. The third-order valence-electron chi connectivity index (χ3n) is 6.00. The number of amides is 1. The number of Topliss-reactive ketones (excluding diaryl/α,β-unsaturated/α-hetero) is 1. The van der Waals surface area contributed by atoms with Crippen LogP contribution in [0.15, 0.2) is 42.7 Å². The predicted octanol–water partition coefficient (Wildman–Crippen LogP) is 3.76. The van der Waals surface area contributed by atoms with E-state index in [1.807, 2.05) is 51.4 Å². The maximum Gasteiger partial charge on any atom is 0.228 e. The van der Waals surface area contributed by atoms with Gasteiger partial charge >= 0.3 is 0 Å². The molecule has 1 saturated carbocycles. The van der Waals surface area contributed by atoms with Gasteiger partial charge in [0.05, 0.1) is 17.1 Å². The van der Waals surface area contributed by atoms with Crippen LogP contribution in [-0.2, 0) is 18.9 Å². The highest BCUT2D eigenvalue weighted by molar-refractivity contribution is 6.03. The number of nitrogens with one attached hydrogen (secondary N) is 1. The maximum absolute atomic E-state index is 13.3. The van der Waals surface area contributed by atoms with E-state index in [1.165, 1.54) is 0 Å². The zero-order chi connectivity index (χ0) is 21.3. The molecule has 7 nitrogen and oxygen atoms in total. The van der Waals surface area contributed by atoms with E-state index < -0.39 is 0 Å². The first kappa shape index (κ1) is 20.1. The highest BCUT2D eigenvalue weighted by Crippen LogP contribution is 2.34. The second-order valence-electron chi connectivity index (χ2n) is 8.07. The maximum atomic E-state index is 13.3. The molecule has 7 heteroatoms. The summed E-state index contributed by atoms with van der Waals surface area (Å²) in [6.07, 6.45) is 6.96. The molecule has 0 radical (unpaired) electrons. The number of aryl methyl sites for hydroxylation is 3. The number of nitrogens with zero attached hydrogens (tertiary/aromatic N) is 4. The van der Waals surface area contributed by atoms with Crippen molar-refractivity contribution in [2.45, 2.75) is 32.6 Å². The van der Waals surface area contributed by atoms with E-state index in [-0.39, 0.29) is 23.5 Å². The molecule has 1 aliphatic rings. The van der Waals surface area contributed by atoms with Gasteiger partial charge in [-0.2, -0.15) is 10.2 Å². The molecule has 1 amide bonds. The summed E-state index contributed by atoms with van der Waals surface area (Å²) < 4.78 is 3.48. The summed E-state index contributed by atoms with van der Waals surface area (Å²) in [5.74, 6) is -0.647. The summed E-state index contributed by atoms with van der Waals surface area (Å²) in [5, 5.41) is 11.5. The Kier molecular flexibility index (Phi) is 5.53. The first-order valence-electron chi connectivity index (χ1n) is 10.4. The summed E-state index contributed by atoms with van der Waals surface area (Å²) >= 11 is 0. The molecule has 2 aromatic heterocycles. The van der Waals surface area contributed by atoms with Crippen molar-refractivity contribution in [2.24, 2.45) is 25.9 Å². The van der Waals surface area contributed by atoms with Crippen LogP contribution in [-0.4, -0.2) is 31.3 Å². The smallest absolute Gasteiger partial charge is 0.228 e. The summed E-state index contributed by atoms with van der Waals surface area (Å²) in [6.45, 7) is 1.86. The number of rotatable bonds is 5. The Morgan fingerprint density at radius 1 is 1.03 bits per heavy atom. The fourth-order valence-corrected chi connectivity index (χ4v) is 4.38. The molecule has 0 spiro atoms. The molecule has 2 atom stereocenters. The van der Waals surface area contributed by atoms with Crippen molar-refractivity contribution < 1.29 is 9.59 Å². The van der Waals surface area contributed by atoms with Crippen LogP contribution < -0.4 is 5.32 Å². The lowest BCUT2D eigenvalue weighted by atomic mass is 9.75. The minimum Gasteiger partial charge on any atom is -0.323 e. The van der Waals surface area contributed by atoms with E-state index in [1.54, 1.807) is 21.8 Å². The van der Waals surface area contributed by atoms with Crippen LogP contribution >= 0.6 is 0 Å². The standard InChI is InChI=1S/C23H27N5O2/c1-15-20(14-27(2)26-15)25-23(30)19-7-5-4-6-18(19)22(29)17-10-8-16(9-11-17)21-12-13-24-28(21)3/h8-14,18-19H,4-7H2,1-3H3,(H,25,30)/t18-,19-/m1/s1. The van der Waals surface area contributed by atoms with Crippen LogP contribution in [0.4, 0.5) is 5.69 Å². The van der Waals surface area contributed by atoms with E-state index in [9.17, 15) is 9.59 Å². The van der Waals surface area contributed by atoms with Gasteiger partial charge in [0.25, 0.3) is 0 Å². The topological polar surface area (TPSA) is 81.8 Å². The van der Waals surface area contributed by atoms with Crippen molar-refractivity contribution in [1.82, 2.24) is 19.6 Å². The Bertz CT molecular complexity index is 1060. The van der Waals surface area contributed by atoms with Crippen molar-refractivity contribution in [3.63, 3.8) is 0 Å². The van der Waals surface area contributed by atoms with Gasteiger partial charge in [0.2, 0.25) is 5.91 Å². The van der Waals surface area contributed by atoms with Gasteiger partial charge in [-0.15, -0.1) is 0 Å². The number of anilines is 1. The van der Waals surface area contributed by atoms with E-state index in [2.05, 4.69) is 15.5 Å². The molecular weight excluding hydrogens is 378 g/mol.